The van der Waals surface area contributed by atoms with Gasteiger partial charge in [-0.05, 0) is 6.07 Å². The molecule has 0 unspecified atom stereocenters. The van der Waals surface area contributed by atoms with Crippen LogP contribution in [0, 0.1) is 10.1 Å². The summed E-state index contributed by atoms with van der Waals surface area (Å²) in [6.07, 6.45) is 0.931. The van der Waals surface area contributed by atoms with Gasteiger partial charge in [0.25, 0.3) is 5.69 Å². The van der Waals surface area contributed by atoms with Crippen LogP contribution in [0.3, 0.4) is 0 Å². The van der Waals surface area contributed by atoms with Crippen molar-refractivity contribution in [3.63, 3.8) is 0 Å². The Morgan fingerprint density at radius 1 is 1.62 bits per heavy atom. The molecule has 0 heterocycles. The Balaban J connectivity index is 3.33. The van der Waals surface area contributed by atoms with Crippen molar-refractivity contribution in [2.45, 2.75) is 0 Å². The molecule has 6 heteroatoms. The Morgan fingerprint density at radius 2 is 2.31 bits per heavy atom. The normalized spacial score (nSPS) is 10.5. The van der Waals surface area contributed by atoms with Gasteiger partial charge in [-0.25, -0.2) is 0 Å². The average molecular weight is 201 g/mol. The van der Waals surface area contributed by atoms with Gasteiger partial charge in [0.2, 0.25) is 0 Å². The fraction of sp³-hybridized carbons (Fsp3) is 0. The third-order valence-corrected chi connectivity index (χ3v) is 1.74. The molecule has 0 aliphatic carbocycles. The van der Waals surface area contributed by atoms with Gasteiger partial charge in [-0.15, -0.1) is 0 Å². The maximum atomic E-state index is 10.5. The van der Waals surface area contributed by atoms with E-state index in [0.29, 0.717) is 0 Å². The van der Waals surface area contributed by atoms with E-state index in [1.807, 2.05) is 0 Å². The summed E-state index contributed by atoms with van der Waals surface area (Å²) in [5.41, 5.74) is -0.0954. The van der Waals surface area contributed by atoms with Gasteiger partial charge in [0.1, 0.15) is 0 Å². The summed E-state index contributed by atoms with van der Waals surface area (Å²) >= 11 is 5.65. The molecule has 0 fully saturated rings. The molecule has 0 amide bonds. The van der Waals surface area contributed by atoms with E-state index in [4.69, 9.17) is 16.8 Å². The van der Waals surface area contributed by atoms with Crippen LogP contribution >= 0.6 is 11.6 Å². The molecule has 0 aliphatic rings. The van der Waals surface area contributed by atoms with Gasteiger partial charge in [-0.2, -0.15) is 0 Å². The van der Waals surface area contributed by atoms with E-state index >= 15 is 0 Å². The van der Waals surface area contributed by atoms with E-state index in [1.165, 1.54) is 18.2 Å². The molecular formula is C7H5ClN2O3. The second-order valence-corrected chi connectivity index (χ2v) is 2.58. The lowest BCUT2D eigenvalue weighted by Gasteiger charge is -1.97. The Hall–Kier alpha value is -1.62. The van der Waals surface area contributed by atoms with Crippen LogP contribution in [0.2, 0.25) is 5.02 Å². The van der Waals surface area contributed by atoms with Crippen LogP contribution in [0.1, 0.15) is 5.56 Å². The SMILES string of the molecule is O=[N+]([O-])c1cccc(Cl)c1/C=N\O. The molecule has 0 saturated heterocycles. The van der Waals surface area contributed by atoms with E-state index in [9.17, 15) is 10.1 Å². The minimum absolute atomic E-state index is 0.0941. The minimum Gasteiger partial charge on any atom is -0.411 e. The molecule has 0 aromatic heterocycles. The number of nitro benzene ring substituents is 1. The molecule has 0 aliphatic heterocycles. The van der Waals surface area contributed by atoms with Crippen LogP contribution in [0.15, 0.2) is 23.4 Å². The largest absolute Gasteiger partial charge is 0.411 e. The summed E-state index contributed by atoms with van der Waals surface area (Å²) in [4.78, 5) is 9.86. The smallest absolute Gasteiger partial charge is 0.279 e. The van der Waals surface area contributed by atoms with Crippen LogP contribution in [-0.4, -0.2) is 16.3 Å². The highest BCUT2D eigenvalue weighted by Gasteiger charge is 2.14. The zero-order valence-electron chi connectivity index (χ0n) is 6.35. The highest BCUT2D eigenvalue weighted by atomic mass is 35.5. The lowest BCUT2D eigenvalue weighted by atomic mass is 10.2. The minimum atomic E-state index is -0.594. The molecule has 1 aromatic carbocycles. The number of nitrogens with zero attached hydrogens (tertiary/aromatic N) is 2. The van der Waals surface area contributed by atoms with Crippen molar-refractivity contribution in [3.05, 3.63) is 38.9 Å². The molecule has 13 heavy (non-hydrogen) atoms. The number of benzene rings is 1. The van der Waals surface area contributed by atoms with Crippen LogP contribution < -0.4 is 0 Å². The van der Waals surface area contributed by atoms with Crippen molar-refractivity contribution in [3.8, 4) is 0 Å². The summed E-state index contributed by atoms with van der Waals surface area (Å²) in [5, 5.41) is 21.6. The first-order valence-electron chi connectivity index (χ1n) is 3.27. The van der Waals surface area contributed by atoms with E-state index in [-0.39, 0.29) is 16.3 Å². The summed E-state index contributed by atoms with van der Waals surface area (Å²) in [5.74, 6) is 0. The summed E-state index contributed by atoms with van der Waals surface area (Å²) in [7, 11) is 0. The van der Waals surface area contributed by atoms with Crippen LogP contribution in [-0.2, 0) is 0 Å². The monoisotopic (exact) mass is 200 g/mol. The van der Waals surface area contributed by atoms with E-state index in [1.54, 1.807) is 0 Å². The number of halogens is 1. The lowest BCUT2D eigenvalue weighted by Crippen LogP contribution is -1.95. The predicted molar refractivity (Wildman–Crippen MR) is 47.5 cm³/mol. The molecule has 0 radical (unpaired) electrons. The van der Waals surface area contributed by atoms with Gasteiger partial charge in [0.15, 0.2) is 0 Å². The maximum absolute atomic E-state index is 10.5. The number of oxime groups is 1. The van der Waals surface area contributed by atoms with Crippen molar-refractivity contribution < 1.29 is 10.1 Å². The highest BCUT2D eigenvalue weighted by molar-refractivity contribution is 6.33. The quantitative estimate of drug-likeness (QED) is 0.344. The van der Waals surface area contributed by atoms with Gasteiger partial charge in [0.05, 0.1) is 21.7 Å². The fourth-order valence-corrected chi connectivity index (χ4v) is 1.09. The molecule has 0 atom stereocenters. The average Bonchev–Trinajstić information content (AvgIpc) is 2.08. The topological polar surface area (TPSA) is 75.7 Å². The first-order chi connectivity index (χ1) is 6.16. The van der Waals surface area contributed by atoms with Crippen LogP contribution in [0.5, 0.6) is 0 Å². The van der Waals surface area contributed by atoms with Crippen LogP contribution in [0.4, 0.5) is 5.69 Å². The van der Waals surface area contributed by atoms with Gasteiger partial charge in [0, 0.05) is 6.07 Å². The summed E-state index contributed by atoms with van der Waals surface area (Å²) < 4.78 is 0. The fourth-order valence-electron chi connectivity index (χ4n) is 0.870. The van der Waals surface area contributed by atoms with Gasteiger partial charge in [-0.3, -0.25) is 10.1 Å². The van der Waals surface area contributed by atoms with Crippen LogP contribution in [0.25, 0.3) is 0 Å². The molecular weight excluding hydrogens is 196 g/mol. The summed E-state index contributed by atoms with van der Waals surface area (Å²) in [6.45, 7) is 0. The molecule has 0 spiro atoms. The van der Waals surface area contributed by atoms with E-state index in [2.05, 4.69) is 5.16 Å². The zero-order valence-corrected chi connectivity index (χ0v) is 7.10. The molecule has 0 bridgehead atoms. The number of nitro groups is 1. The number of hydrogen-bond acceptors (Lipinski definition) is 4. The Kier molecular flexibility index (Phi) is 2.81. The Labute approximate surface area is 78.4 Å². The molecule has 1 aromatic rings. The third-order valence-electron chi connectivity index (χ3n) is 1.41. The van der Waals surface area contributed by atoms with Crippen molar-refractivity contribution in [2.75, 3.05) is 0 Å². The second kappa shape index (κ2) is 3.86. The Bertz CT molecular complexity index is 365. The Morgan fingerprint density at radius 3 is 2.85 bits per heavy atom. The third kappa shape index (κ3) is 1.94. The first kappa shape index (κ1) is 9.47. The maximum Gasteiger partial charge on any atom is 0.279 e. The van der Waals surface area contributed by atoms with E-state index < -0.39 is 4.92 Å². The van der Waals surface area contributed by atoms with E-state index in [0.717, 1.165) is 6.21 Å². The summed E-state index contributed by atoms with van der Waals surface area (Å²) in [6, 6.07) is 4.21. The van der Waals surface area contributed by atoms with Gasteiger partial charge >= 0.3 is 0 Å². The van der Waals surface area contributed by atoms with Gasteiger partial charge in [-0.1, -0.05) is 22.8 Å². The predicted octanol–water partition coefficient (Wildman–Crippen LogP) is 2.06. The standard InChI is InChI=1S/C7H5ClN2O3/c8-6-2-1-3-7(10(12)13)5(6)4-9-11/h1-4,11H/b9-4-. The molecule has 68 valence electrons. The van der Waals surface area contributed by atoms with Crippen molar-refractivity contribution in [2.24, 2.45) is 5.16 Å². The molecule has 0 saturated carbocycles. The lowest BCUT2D eigenvalue weighted by molar-refractivity contribution is -0.385. The van der Waals surface area contributed by atoms with Crippen molar-refractivity contribution in [1.29, 1.82) is 0 Å². The van der Waals surface area contributed by atoms with Crippen molar-refractivity contribution >= 4 is 23.5 Å². The number of rotatable bonds is 2. The molecule has 1 N–H and O–H groups in total. The van der Waals surface area contributed by atoms with Gasteiger partial charge < -0.3 is 5.21 Å². The first-order valence-corrected chi connectivity index (χ1v) is 3.65. The zero-order chi connectivity index (χ0) is 9.84. The number of hydrogen-bond donors (Lipinski definition) is 1. The highest BCUT2D eigenvalue weighted by Crippen LogP contribution is 2.23. The molecule has 5 nitrogen and oxygen atoms in total. The molecule has 1 rings (SSSR count). The second-order valence-electron chi connectivity index (χ2n) is 2.17. The van der Waals surface area contributed by atoms with Crippen molar-refractivity contribution in [1.82, 2.24) is 0 Å².